The van der Waals surface area contributed by atoms with Crippen LogP contribution in [0.3, 0.4) is 0 Å². The number of nitrogens with one attached hydrogen (secondary N) is 1. The summed E-state index contributed by atoms with van der Waals surface area (Å²) in [5.74, 6) is -0.254. The van der Waals surface area contributed by atoms with Gasteiger partial charge >= 0.3 is 6.09 Å². The molecule has 0 spiro atoms. The van der Waals surface area contributed by atoms with Crippen molar-refractivity contribution in [1.29, 1.82) is 0 Å². The molecular formula is C18H26N4O5. The first-order valence-corrected chi connectivity index (χ1v) is 9.05. The van der Waals surface area contributed by atoms with E-state index < -0.39 is 17.1 Å². The van der Waals surface area contributed by atoms with Crippen LogP contribution in [0.5, 0.6) is 0 Å². The average Bonchev–Trinajstić information content (AvgIpc) is 2.65. The van der Waals surface area contributed by atoms with Crippen LogP contribution in [0, 0.1) is 16.0 Å². The Balaban J connectivity index is 2.02. The normalized spacial score (nSPS) is 15.4. The molecule has 1 aliphatic heterocycles. The Morgan fingerprint density at radius 3 is 2.41 bits per heavy atom. The number of amides is 2. The van der Waals surface area contributed by atoms with E-state index in [-0.39, 0.29) is 24.1 Å². The van der Waals surface area contributed by atoms with Gasteiger partial charge in [0, 0.05) is 32.2 Å². The lowest BCUT2D eigenvalue weighted by molar-refractivity contribution is -0.384. The van der Waals surface area contributed by atoms with Crippen molar-refractivity contribution < 1.29 is 19.2 Å². The molecule has 1 aromatic carbocycles. The molecule has 0 radical (unpaired) electrons. The molecule has 9 nitrogen and oxygen atoms in total. The van der Waals surface area contributed by atoms with Gasteiger partial charge in [-0.2, -0.15) is 0 Å². The minimum Gasteiger partial charge on any atom is -0.450 e. The fourth-order valence-corrected chi connectivity index (χ4v) is 3.06. The van der Waals surface area contributed by atoms with E-state index in [0.717, 1.165) is 0 Å². The van der Waals surface area contributed by atoms with Crippen LogP contribution in [-0.2, 0) is 9.53 Å². The highest BCUT2D eigenvalue weighted by molar-refractivity contribution is 5.86. The number of benzene rings is 1. The van der Waals surface area contributed by atoms with Gasteiger partial charge in [0.2, 0.25) is 5.91 Å². The second-order valence-corrected chi connectivity index (χ2v) is 6.64. The third-order valence-electron chi connectivity index (χ3n) is 4.49. The molecule has 1 heterocycles. The maximum atomic E-state index is 12.8. The number of nitro benzene ring substituents is 1. The predicted molar refractivity (Wildman–Crippen MR) is 101 cm³/mol. The van der Waals surface area contributed by atoms with Gasteiger partial charge in [-0.25, -0.2) is 4.79 Å². The van der Waals surface area contributed by atoms with Crippen molar-refractivity contribution in [2.75, 3.05) is 37.7 Å². The fourth-order valence-electron chi connectivity index (χ4n) is 3.06. The van der Waals surface area contributed by atoms with Crippen molar-refractivity contribution in [3.8, 4) is 0 Å². The summed E-state index contributed by atoms with van der Waals surface area (Å²) in [5, 5.41) is 13.8. The zero-order chi connectivity index (χ0) is 20.0. The lowest BCUT2D eigenvalue weighted by atomic mass is 10.0. The molecular weight excluding hydrogens is 352 g/mol. The molecule has 27 heavy (non-hydrogen) atoms. The van der Waals surface area contributed by atoms with E-state index in [0.29, 0.717) is 31.9 Å². The third kappa shape index (κ3) is 5.08. The zero-order valence-electron chi connectivity index (χ0n) is 15.9. The van der Waals surface area contributed by atoms with Gasteiger partial charge < -0.3 is 19.9 Å². The van der Waals surface area contributed by atoms with Gasteiger partial charge in [-0.05, 0) is 18.9 Å². The fraction of sp³-hybridized carbons (Fsp3) is 0.556. The number of hydrogen-bond acceptors (Lipinski definition) is 6. The molecule has 2 rings (SSSR count). The smallest absolute Gasteiger partial charge is 0.407 e. The number of carbonyl (C=O) groups is 2. The van der Waals surface area contributed by atoms with Gasteiger partial charge in [-0.3, -0.25) is 14.9 Å². The summed E-state index contributed by atoms with van der Waals surface area (Å²) in [6.07, 6.45) is -0.608. The number of piperazine rings is 1. The van der Waals surface area contributed by atoms with Gasteiger partial charge in [0.1, 0.15) is 11.7 Å². The first-order chi connectivity index (χ1) is 12.8. The summed E-state index contributed by atoms with van der Waals surface area (Å²) in [7, 11) is 0. The van der Waals surface area contributed by atoms with Crippen LogP contribution in [0.1, 0.15) is 20.8 Å². The Morgan fingerprint density at radius 1 is 1.22 bits per heavy atom. The molecule has 2 amide bonds. The minimum absolute atomic E-state index is 0.0568. The minimum atomic E-state index is -0.665. The van der Waals surface area contributed by atoms with Crippen LogP contribution >= 0.6 is 0 Å². The highest BCUT2D eigenvalue weighted by Gasteiger charge is 2.32. The lowest BCUT2D eigenvalue weighted by Crippen LogP contribution is -2.56. The van der Waals surface area contributed by atoms with Gasteiger partial charge in [-0.15, -0.1) is 0 Å². The van der Waals surface area contributed by atoms with Crippen molar-refractivity contribution in [2.24, 2.45) is 5.92 Å². The number of ether oxygens (including phenoxy) is 1. The standard InChI is InChI=1S/C18H26N4O5/c1-4-27-18(24)19-16(13(2)3)17(23)21-11-9-20(10-12-21)14-7-5-6-8-15(14)22(25)26/h5-8,13,16H,4,9-12H2,1-3H3,(H,19,24). The average molecular weight is 378 g/mol. The lowest BCUT2D eigenvalue weighted by Gasteiger charge is -2.38. The summed E-state index contributed by atoms with van der Waals surface area (Å²) in [6, 6.07) is 5.93. The first-order valence-electron chi connectivity index (χ1n) is 9.05. The highest BCUT2D eigenvalue weighted by Crippen LogP contribution is 2.28. The Kier molecular flexibility index (Phi) is 6.98. The molecule has 148 valence electrons. The van der Waals surface area contributed by atoms with Gasteiger partial charge in [0.25, 0.3) is 5.69 Å². The first kappa shape index (κ1) is 20.5. The number of nitrogens with zero attached hydrogens (tertiary/aromatic N) is 3. The molecule has 1 fully saturated rings. The summed E-state index contributed by atoms with van der Waals surface area (Å²) in [6.45, 7) is 7.49. The maximum Gasteiger partial charge on any atom is 0.407 e. The predicted octanol–water partition coefficient (Wildman–Crippen LogP) is 2.01. The van der Waals surface area contributed by atoms with E-state index in [4.69, 9.17) is 4.74 Å². The molecule has 1 saturated heterocycles. The Bertz CT molecular complexity index is 686. The number of alkyl carbamates (subject to hydrolysis) is 1. The Labute approximate surface area is 158 Å². The summed E-state index contributed by atoms with van der Waals surface area (Å²) < 4.78 is 4.88. The van der Waals surface area contributed by atoms with E-state index in [1.165, 1.54) is 6.07 Å². The molecule has 0 aromatic heterocycles. The Morgan fingerprint density at radius 2 is 1.85 bits per heavy atom. The van der Waals surface area contributed by atoms with E-state index in [2.05, 4.69) is 5.32 Å². The number of carbonyl (C=O) groups excluding carboxylic acids is 2. The summed E-state index contributed by atoms with van der Waals surface area (Å²) >= 11 is 0. The summed E-state index contributed by atoms with van der Waals surface area (Å²) in [4.78, 5) is 38.9. The van der Waals surface area contributed by atoms with Crippen molar-refractivity contribution in [3.63, 3.8) is 0 Å². The van der Waals surface area contributed by atoms with E-state index in [1.54, 1.807) is 30.0 Å². The van der Waals surface area contributed by atoms with Crippen LogP contribution < -0.4 is 10.2 Å². The van der Waals surface area contributed by atoms with Crippen molar-refractivity contribution in [2.45, 2.75) is 26.8 Å². The zero-order valence-corrected chi connectivity index (χ0v) is 15.9. The quantitative estimate of drug-likeness (QED) is 0.600. The van der Waals surface area contributed by atoms with Crippen molar-refractivity contribution in [1.82, 2.24) is 10.2 Å². The molecule has 1 N–H and O–H groups in total. The number of para-hydroxylation sites is 2. The number of anilines is 1. The number of rotatable bonds is 6. The van der Waals surface area contributed by atoms with Crippen LogP contribution in [0.4, 0.5) is 16.2 Å². The largest absolute Gasteiger partial charge is 0.450 e. The molecule has 0 bridgehead atoms. The monoisotopic (exact) mass is 378 g/mol. The molecule has 9 heteroatoms. The van der Waals surface area contributed by atoms with Crippen LogP contribution in [-0.4, -0.2) is 60.7 Å². The van der Waals surface area contributed by atoms with Gasteiger partial charge in [0.15, 0.2) is 0 Å². The highest BCUT2D eigenvalue weighted by atomic mass is 16.6. The second kappa shape index (κ2) is 9.20. The van der Waals surface area contributed by atoms with Crippen molar-refractivity contribution >= 4 is 23.4 Å². The third-order valence-corrected chi connectivity index (χ3v) is 4.49. The molecule has 1 aliphatic rings. The van der Waals surface area contributed by atoms with E-state index in [9.17, 15) is 19.7 Å². The SMILES string of the molecule is CCOC(=O)NC(C(=O)N1CCN(c2ccccc2[N+](=O)[O-])CC1)C(C)C. The second-order valence-electron chi connectivity index (χ2n) is 6.64. The van der Waals surface area contributed by atoms with E-state index >= 15 is 0 Å². The molecule has 0 aliphatic carbocycles. The molecule has 1 unspecified atom stereocenters. The Hall–Kier alpha value is -2.84. The maximum absolute atomic E-state index is 12.8. The molecule has 0 saturated carbocycles. The van der Waals surface area contributed by atoms with Crippen molar-refractivity contribution in [3.05, 3.63) is 34.4 Å². The molecule has 1 aromatic rings. The van der Waals surface area contributed by atoms with Gasteiger partial charge in [0.05, 0.1) is 11.5 Å². The number of nitro groups is 1. The molecule has 1 atom stereocenters. The van der Waals surface area contributed by atoms with Crippen LogP contribution in [0.2, 0.25) is 0 Å². The number of hydrogen-bond donors (Lipinski definition) is 1. The van der Waals surface area contributed by atoms with Crippen LogP contribution in [0.15, 0.2) is 24.3 Å². The van der Waals surface area contributed by atoms with Gasteiger partial charge in [-0.1, -0.05) is 26.0 Å². The van der Waals surface area contributed by atoms with Crippen LogP contribution in [0.25, 0.3) is 0 Å². The topological polar surface area (TPSA) is 105 Å². The summed E-state index contributed by atoms with van der Waals surface area (Å²) in [5.41, 5.74) is 0.612. The van der Waals surface area contributed by atoms with E-state index in [1.807, 2.05) is 18.7 Å².